The van der Waals surface area contributed by atoms with Crippen LogP contribution in [0.15, 0.2) is 30.7 Å². The van der Waals surface area contributed by atoms with E-state index in [1.807, 2.05) is 12.3 Å². The van der Waals surface area contributed by atoms with Gasteiger partial charge in [0, 0.05) is 18.5 Å². The van der Waals surface area contributed by atoms with Crippen LogP contribution >= 0.6 is 11.3 Å². The van der Waals surface area contributed by atoms with Crippen LogP contribution < -0.4 is 0 Å². The molecule has 0 aliphatic heterocycles. The van der Waals surface area contributed by atoms with Gasteiger partial charge in [-0.3, -0.25) is 4.79 Å². The highest BCUT2D eigenvalue weighted by atomic mass is 32.1. The quantitative estimate of drug-likeness (QED) is 0.709. The molecule has 0 aliphatic rings. The molecule has 4 heteroatoms. The predicted molar refractivity (Wildman–Crippen MR) is 67.5 cm³/mol. The third-order valence-electron chi connectivity index (χ3n) is 2.05. The van der Waals surface area contributed by atoms with E-state index in [2.05, 4.69) is 18.1 Å². The standard InChI is InChI=1S/C12H16N2OS/c1-4-6-14(7-5-2)12(15)8-11-9-16-10(3)13-11/h4-5,9H,1-2,6-8H2,3H3. The van der Waals surface area contributed by atoms with Crippen molar-refractivity contribution in [3.8, 4) is 0 Å². The zero-order chi connectivity index (χ0) is 12.0. The predicted octanol–water partition coefficient (Wildman–Crippen LogP) is 2.19. The Morgan fingerprint density at radius 2 is 2.12 bits per heavy atom. The second-order valence-electron chi connectivity index (χ2n) is 3.41. The summed E-state index contributed by atoms with van der Waals surface area (Å²) in [7, 11) is 0. The Morgan fingerprint density at radius 1 is 1.50 bits per heavy atom. The highest BCUT2D eigenvalue weighted by Gasteiger charge is 2.12. The molecule has 1 aromatic rings. The second kappa shape index (κ2) is 6.23. The van der Waals surface area contributed by atoms with Gasteiger partial charge in [0.05, 0.1) is 17.1 Å². The number of thiazole rings is 1. The number of hydrogen-bond donors (Lipinski definition) is 0. The molecule has 0 spiro atoms. The Kier molecular flexibility index (Phi) is 4.92. The van der Waals surface area contributed by atoms with Crippen LogP contribution in [0.5, 0.6) is 0 Å². The maximum absolute atomic E-state index is 11.9. The molecule has 0 aliphatic carbocycles. The van der Waals surface area contributed by atoms with Crippen LogP contribution in [-0.4, -0.2) is 28.9 Å². The van der Waals surface area contributed by atoms with Gasteiger partial charge in [-0.2, -0.15) is 0 Å². The SMILES string of the molecule is C=CCN(CC=C)C(=O)Cc1csc(C)n1. The first kappa shape index (κ1) is 12.6. The van der Waals surface area contributed by atoms with Crippen molar-refractivity contribution < 1.29 is 4.79 Å². The van der Waals surface area contributed by atoms with Gasteiger partial charge in [0.25, 0.3) is 0 Å². The smallest absolute Gasteiger partial charge is 0.229 e. The summed E-state index contributed by atoms with van der Waals surface area (Å²) in [6, 6.07) is 0. The van der Waals surface area contributed by atoms with E-state index in [1.54, 1.807) is 28.4 Å². The highest BCUT2D eigenvalue weighted by Crippen LogP contribution is 2.09. The molecule has 1 amide bonds. The van der Waals surface area contributed by atoms with Crippen molar-refractivity contribution >= 4 is 17.2 Å². The van der Waals surface area contributed by atoms with Crippen molar-refractivity contribution in [1.29, 1.82) is 0 Å². The van der Waals surface area contributed by atoms with Crippen molar-refractivity contribution in [3.63, 3.8) is 0 Å². The number of hydrogen-bond acceptors (Lipinski definition) is 3. The molecule has 0 atom stereocenters. The van der Waals surface area contributed by atoms with Crippen LogP contribution in [0.4, 0.5) is 0 Å². The number of carbonyl (C=O) groups is 1. The summed E-state index contributed by atoms with van der Waals surface area (Å²) >= 11 is 1.56. The fourth-order valence-corrected chi connectivity index (χ4v) is 1.96. The Morgan fingerprint density at radius 3 is 2.56 bits per heavy atom. The minimum Gasteiger partial charge on any atom is -0.335 e. The fraction of sp³-hybridized carbons (Fsp3) is 0.333. The molecular formula is C12H16N2OS. The Bertz CT molecular complexity index is 374. The lowest BCUT2D eigenvalue weighted by atomic mass is 10.3. The Hall–Kier alpha value is -1.42. The van der Waals surface area contributed by atoms with Gasteiger partial charge >= 0.3 is 0 Å². The number of rotatable bonds is 6. The van der Waals surface area contributed by atoms with Gasteiger partial charge in [-0.25, -0.2) is 4.98 Å². The Labute approximate surface area is 100 Å². The maximum atomic E-state index is 11.9. The molecule has 16 heavy (non-hydrogen) atoms. The molecule has 0 bridgehead atoms. The van der Waals surface area contributed by atoms with E-state index >= 15 is 0 Å². The molecule has 0 saturated heterocycles. The normalized spacial score (nSPS) is 9.81. The first-order valence-electron chi connectivity index (χ1n) is 5.08. The minimum absolute atomic E-state index is 0.0603. The zero-order valence-corrected chi connectivity index (χ0v) is 10.3. The molecule has 0 N–H and O–H groups in total. The summed E-state index contributed by atoms with van der Waals surface area (Å²) in [4.78, 5) is 17.9. The third-order valence-corrected chi connectivity index (χ3v) is 2.87. The van der Waals surface area contributed by atoms with E-state index in [0.29, 0.717) is 19.5 Å². The lowest BCUT2D eigenvalue weighted by Crippen LogP contribution is -2.32. The topological polar surface area (TPSA) is 33.2 Å². The molecule has 0 aromatic carbocycles. The van der Waals surface area contributed by atoms with Gasteiger partial charge in [0.2, 0.25) is 5.91 Å². The highest BCUT2D eigenvalue weighted by molar-refractivity contribution is 7.09. The van der Waals surface area contributed by atoms with Crippen molar-refractivity contribution in [2.45, 2.75) is 13.3 Å². The lowest BCUT2D eigenvalue weighted by Gasteiger charge is -2.18. The van der Waals surface area contributed by atoms with Crippen LogP contribution in [0.2, 0.25) is 0 Å². The third kappa shape index (κ3) is 3.62. The van der Waals surface area contributed by atoms with Crippen molar-refractivity contribution in [3.05, 3.63) is 41.4 Å². The van der Waals surface area contributed by atoms with Gasteiger partial charge in [0.1, 0.15) is 0 Å². The average molecular weight is 236 g/mol. The van der Waals surface area contributed by atoms with Crippen LogP contribution in [0.3, 0.4) is 0 Å². The van der Waals surface area contributed by atoms with Gasteiger partial charge in [-0.15, -0.1) is 24.5 Å². The first-order chi connectivity index (χ1) is 7.67. The van der Waals surface area contributed by atoms with Gasteiger partial charge in [-0.05, 0) is 6.92 Å². The van der Waals surface area contributed by atoms with Crippen molar-refractivity contribution in [2.24, 2.45) is 0 Å². The first-order valence-corrected chi connectivity index (χ1v) is 5.96. The number of aromatic nitrogens is 1. The largest absolute Gasteiger partial charge is 0.335 e. The van der Waals surface area contributed by atoms with Crippen molar-refractivity contribution in [1.82, 2.24) is 9.88 Å². The van der Waals surface area contributed by atoms with E-state index < -0.39 is 0 Å². The van der Waals surface area contributed by atoms with E-state index in [0.717, 1.165) is 10.7 Å². The van der Waals surface area contributed by atoms with Crippen LogP contribution in [0.25, 0.3) is 0 Å². The summed E-state index contributed by atoms with van der Waals surface area (Å²) in [5.74, 6) is 0.0603. The molecule has 86 valence electrons. The fourth-order valence-electron chi connectivity index (χ4n) is 1.35. The molecule has 1 rings (SSSR count). The molecule has 3 nitrogen and oxygen atoms in total. The minimum atomic E-state index is 0.0603. The lowest BCUT2D eigenvalue weighted by molar-refractivity contribution is -0.129. The number of amides is 1. The molecular weight excluding hydrogens is 220 g/mol. The van der Waals surface area contributed by atoms with Crippen molar-refractivity contribution in [2.75, 3.05) is 13.1 Å². The van der Waals surface area contributed by atoms with Crippen LogP contribution in [0.1, 0.15) is 10.7 Å². The molecule has 1 aromatic heterocycles. The van der Waals surface area contributed by atoms with Gasteiger partial charge in [0.15, 0.2) is 0 Å². The van der Waals surface area contributed by atoms with E-state index in [9.17, 15) is 4.79 Å². The van der Waals surface area contributed by atoms with E-state index in [-0.39, 0.29) is 5.91 Å². The molecule has 1 heterocycles. The summed E-state index contributed by atoms with van der Waals surface area (Å²) in [6.07, 6.45) is 3.79. The average Bonchev–Trinajstić information content (AvgIpc) is 2.63. The molecule has 0 fully saturated rings. The van der Waals surface area contributed by atoms with Crippen LogP contribution in [-0.2, 0) is 11.2 Å². The maximum Gasteiger partial charge on any atom is 0.229 e. The summed E-state index contributed by atoms with van der Waals surface area (Å²) in [5, 5.41) is 2.91. The Balaban J connectivity index is 2.60. The monoisotopic (exact) mass is 236 g/mol. The number of nitrogens with zero attached hydrogens (tertiary/aromatic N) is 2. The number of carbonyl (C=O) groups excluding carboxylic acids is 1. The van der Waals surface area contributed by atoms with Gasteiger partial charge in [-0.1, -0.05) is 12.2 Å². The number of aryl methyl sites for hydroxylation is 1. The van der Waals surface area contributed by atoms with E-state index in [1.165, 1.54) is 0 Å². The zero-order valence-electron chi connectivity index (χ0n) is 9.48. The molecule has 0 saturated carbocycles. The molecule has 0 radical (unpaired) electrons. The summed E-state index contributed by atoms with van der Waals surface area (Å²) in [6.45, 7) is 10.3. The van der Waals surface area contributed by atoms with Crippen LogP contribution in [0, 0.1) is 6.92 Å². The van der Waals surface area contributed by atoms with Gasteiger partial charge < -0.3 is 4.90 Å². The summed E-state index contributed by atoms with van der Waals surface area (Å²) < 4.78 is 0. The second-order valence-corrected chi connectivity index (χ2v) is 4.47. The summed E-state index contributed by atoms with van der Waals surface area (Å²) in [5.41, 5.74) is 0.839. The molecule has 0 unspecified atom stereocenters. The van der Waals surface area contributed by atoms with E-state index in [4.69, 9.17) is 0 Å².